The second-order valence-corrected chi connectivity index (χ2v) is 8.89. The summed E-state index contributed by atoms with van der Waals surface area (Å²) in [5, 5.41) is 1.46. The van der Waals surface area contributed by atoms with Crippen LogP contribution in [0, 0.1) is 13.8 Å². The molecule has 7 nitrogen and oxygen atoms in total. The topological polar surface area (TPSA) is 120 Å². The maximum atomic E-state index is 13.1. The minimum atomic E-state index is -4.44. The Balaban J connectivity index is 1.95. The number of rotatable bonds is 1. The van der Waals surface area contributed by atoms with Gasteiger partial charge >= 0.3 is 0 Å². The highest BCUT2D eigenvalue weighted by Crippen LogP contribution is 2.24. The third-order valence-corrected chi connectivity index (χ3v) is 6.54. The number of aryl methyl sites for hydroxylation is 2. The molecule has 0 aliphatic carbocycles. The fraction of sp³-hybridized carbons (Fsp3) is 0.0909. The molecule has 2 aromatic heterocycles. The van der Waals surface area contributed by atoms with Crippen LogP contribution in [-0.4, -0.2) is 22.9 Å². The molecule has 0 fully saturated rings. The highest BCUT2D eigenvalue weighted by molar-refractivity contribution is 7.85. The van der Waals surface area contributed by atoms with E-state index >= 15 is 0 Å². The number of nitrogens with one attached hydrogen (secondary N) is 2. The molecular weight excluding hydrogens is 404 g/mol. The third kappa shape index (κ3) is 2.58. The van der Waals surface area contributed by atoms with E-state index < -0.39 is 15.5 Å². The number of H-pyrrole nitrogens is 2. The zero-order valence-corrected chi connectivity index (χ0v) is 16.8. The zero-order valence-electron chi connectivity index (χ0n) is 16.0. The van der Waals surface area contributed by atoms with Crippen LogP contribution in [-0.2, 0) is 10.1 Å². The molecule has 0 unspecified atom stereocenters. The average Bonchev–Trinajstić information content (AvgIpc) is 2.70. The molecular formula is C22H16N2O5S. The summed E-state index contributed by atoms with van der Waals surface area (Å²) in [7, 11) is -4.44. The van der Waals surface area contributed by atoms with Gasteiger partial charge in [0.2, 0.25) is 0 Å². The highest BCUT2D eigenvalue weighted by Gasteiger charge is 2.15. The van der Waals surface area contributed by atoms with Gasteiger partial charge in [0.1, 0.15) is 0 Å². The maximum absolute atomic E-state index is 13.1. The Bertz CT molecular complexity index is 1780. The molecule has 8 heteroatoms. The molecule has 5 aromatic rings. The van der Waals surface area contributed by atoms with Crippen LogP contribution in [0.15, 0.2) is 56.9 Å². The van der Waals surface area contributed by atoms with Gasteiger partial charge in [0.05, 0.1) is 21.4 Å². The second-order valence-electron chi connectivity index (χ2n) is 7.46. The van der Waals surface area contributed by atoms with Crippen LogP contribution in [0.25, 0.3) is 43.6 Å². The molecule has 0 aliphatic heterocycles. The van der Waals surface area contributed by atoms with E-state index in [-0.39, 0.29) is 15.7 Å². The maximum Gasteiger partial charge on any atom is 0.294 e. The predicted octanol–water partition coefficient (Wildman–Crippen LogP) is 3.54. The van der Waals surface area contributed by atoms with Crippen LogP contribution >= 0.6 is 0 Å². The van der Waals surface area contributed by atoms with Gasteiger partial charge in [0, 0.05) is 27.1 Å². The first kappa shape index (κ1) is 18.5. The van der Waals surface area contributed by atoms with Crippen LogP contribution in [0.5, 0.6) is 0 Å². The monoisotopic (exact) mass is 420 g/mol. The normalized spacial score (nSPS) is 12.4. The lowest BCUT2D eigenvalue weighted by Gasteiger charge is -2.10. The lowest BCUT2D eigenvalue weighted by Crippen LogP contribution is -2.09. The second kappa shape index (κ2) is 6.01. The molecule has 0 bridgehead atoms. The smallest absolute Gasteiger partial charge is 0.294 e. The number of hydrogen-bond donors (Lipinski definition) is 3. The predicted molar refractivity (Wildman–Crippen MR) is 117 cm³/mol. The molecule has 0 aliphatic rings. The molecule has 30 heavy (non-hydrogen) atoms. The summed E-state index contributed by atoms with van der Waals surface area (Å²) in [5.74, 6) is 0. The van der Waals surface area contributed by atoms with Gasteiger partial charge in [-0.25, -0.2) is 0 Å². The van der Waals surface area contributed by atoms with Crippen LogP contribution in [0.2, 0.25) is 0 Å². The van der Waals surface area contributed by atoms with Crippen molar-refractivity contribution in [1.82, 2.24) is 9.97 Å². The summed E-state index contributed by atoms with van der Waals surface area (Å²) >= 11 is 0. The van der Waals surface area contributed by atoms with Gasteiger partial charge in [0.25, 0.3) is 10.1 Å². The van der Waals surface area contributed by atoms with E-state index in [1.54, 1.807) is 18.2 Å². The van der Waals surface area contributed by atoms with E-state index in [4.69, 9.17) is 0 Å². The summed E-state index contributed by atoms with van der Waals surface area (Å²) in [6.07, 6.45) is 0. The minimum Gasteiger partial charge on any atom is -0.354 e. The van der Waals surface area contributed by atoms with Gasteiger partial charge in [0.15, 0.2) is 10.9 Å². The van der Waals surface area contributed by atoms with Crippen LogP contribution < -0.4 is 10.9 Å². The SMILES string of the molecule is Cc1ccc2c(=O)c3cc4[nH]c5ccc(S(=O)(=O)O)cc5c(=O)c4cc3[nH]c2c1C. The highest BCUT2D eigenvalue weighted by atomic mass is 32.2. The Kier molecular flexibility index (Phi) is 3.71. The van der Waals surface area contributed by atoms with Gasteiger partial charge in [-0.2, -0.15) is 8.42 Å². The summed E-state index contributed by atoms with van der Waals surface area (Å²) in [6.45, 7) is 3.89. The van der Waals surface area contributed by atoms with E-state index in [1.807, 2.05) is 19.9 Å². The van der Waals surface area contributed by atoms with Crippen molar-refractivity contribution < 1.29 is 13.0 Å². The summed E-state index contributed by atoms with van der Waals surface area (Å²) in [5.41, 5.74) is 3.58. The number of fused-ring (bicyclic) bond motifs is 4. The number of aromatic nitrogens is 2. The van der Waals surface area contributed by atoms with E-state index in [2.05, 4.69) is 9.97 Å². The fourth-order valence-corrected chi connectivity index (χ4v) is 4.41. The van der Waals surface area contributed by atoms with Crippen LogP contribution in [0.1, 0.15) is 11.1 Å². The zero-order chi connectivity index (χ0) is 21.4. The van der Waals surface area contributed by atoms with Gasteiger partial charge < -0.3 is 9.97 Å². The molecule has 0 saturated carbocycles. The minimum absolute atomic E-state index is 0.132. The molecule has 5 rings (SSSR count). The Hall–Kier alpha value is -3.49. The van der Waals surface area contributed by atoms with Crippen molar-refractivity contribution in [3.63, 3.8) is 0 Å². The molecule has 0 radical (unpaired) electrons. The van der Waals surface area contributed by atoms with Crippen molar-refractivity contribution in [2.75, 3.05) is 0 Å². The quantitative estimate of drug-likeness (QED) is 0.283. The van der Waals surface area contributed by atoms with Crippen LogP contribution in [0.3, 0.4) is 0 Å². The van der Waals surface area contributed by atoms with Gasteiger partial charge in [-0.1, -0.05) is 6.07 Å². The van der Waals surface area contributed by atoms with E-state index in [0.29, 0.717) is 32.7 Å². The Morgan fingerprint density at radius 2 is 1.33 bits per heavy atom. The van der Waals surface area contributed by atoms with Gasteiger partial charge in [-0.15, -0.1) is 0 Å². The van der Waals surface area contributed by atoms with Gasteiger partial charge in [-0.05, 0) is 61.4 Å². The van der Waals surface area contributed by atoms with Gasteiger partial charge in [-0.3, -0.25) is 14.1 Å². The lowest BCUT2D eigenvalue weighted by molar-refractivity contribution is 0.483. The fourth-order valence-electron chi connectivity index (χ4n) is 3.90. The van der Waals surface area contributed by atoms with Crippen molar-refractivity contribution in [3.05, 3.63) is 74.0 Å². The van der Waals surface area contributed by atoms with Crippen molar-refractivity contribution in [1.29, 1.82) is 0 Å². The van der Waals surface area contributed by atoms with Crippen molar-refractivity contribution in [2.24, 2.45) is 0 Å². The Labute approximate surface area is 169 Å². The average molecular weight is 420 g/mol. The number of hydrogen-bond acceptors (Lipinski definition) is 4. The first-order chi connectivity index (χ1) is 14.1. The molecule has 150 valence electrons. The Morgan fingerprint density at radius 1 is 0.733 bits per heavy atom. The molecule has 0 amide bonds. The molecule has 3 aromatic carbocycles. The molecule has 2 heterocycles. The first-order valence-electron chi connectivity index (χ1n) is 9.18. The van der Waals surface area contributed by atoms with Crippen molar-refractivity contribution in [2.45, 2.75) is 18.7 Å². The third-order valence-electron chi connectivity index (χ3n) is 5.69. The van der Waals surface area contributed by atoms with Crippen molar-refractivity contribution >= 4 is 53.7 Å². The van der Waals surface area contributed by atoms with E-state index in [1.165, 1.54) is 12.1 Å². The van der Waals surface area contributed by atoms with E-state index in [0.717, 1.165) is 22.7 Å². The summed E-state index contributed by atoms with van der Waals surface area (Å²) in [6, 6.07) is 10.7. The number of benzene rings is 3. The standard InChI is InChI=1S/C22H16N2O5S/c1-10-3-5-13-20(11(10)2)24-19-9-15-18(8-16(19)21(13)25)23-17-6-4-12(30(27,28)29)7-14(17)22(15)26/h3-9H,1-2H3,(H,23,26)(H,24,25)(H,27,28,29). The molecule has 0 spiro atoms. The van der Waals surface area contributed by atoms with E-state index in [9.17, 15) is 22.6 Å². The van der Waals surface area contributed by atoms with Crippen molar-refractivity contribution in [3.8, 4) is 0 Å². The van der Waals surface area contributed by atoms with Crippen LogP contribution in [0.4, 0.5) is 0 Å². The molecule has 0 saturated heterocycles. The lowest BCUT2D eigenvalue weighted by atomic mass is 10.0. The molecule has 3 N–H and O–H groups in total. The molecule has 0 atom stereocenters. The number of aromatic amines is 2. The Morgan fingerprint density at radius 3 is 2.00 bits per heavy atom. The number of pyridine rings is 2. The largest absolute Gasteiger partial charge is 0.354 e. The summed E-state index contributed by atoms with van der Waals surface area (Å²) in [4.78, 5) is 32.2. The summed E-state index contributed by atoms with van der Waals surface area (Å²) < 4.78 is 32.2. The first-order valence-corrected chi connectivity index (χ1v) is 10.6.